The Kier molecular flexibility index (Phi) is 7.51. The van der Waals surface area contributed by atoms with Crippen molar-refractivity contribution < 1.29 is 9.59 Å². The predicted molar refractivity (Wildman–Crippen MR) is 117 cm³/mol. The highest BCUT2D eigenvalue weighted by molar-refractivity contribution is 7.21. The molecular formula is C20H23ClN4O2S. The zero-order chi connectivity index (χ0) is 19.4. The molecule has 8 heteroatoms. The van der Waals surface area contributed by atoms with E-state index in [1.807, 2.05) is 62.4 Å². The maximum Gasteiger partial charge on any atom is 0.243 e. The standard InChI is InChI=1S/C20H22N4O2S.ClH/c1-12(2)18(21)19(26)22-11-17(25)23-14-8-4-3-7-13(14)20-24-15-9-5-6-10-16(15)27-20;/h3-10,12,18H,11,21H2,1-2H3,(H,22,26)(H,23,25);1H/t18-;/m0./s1. The number of halogens is 1. The number of nitrogens with two attached hydrogens (primary N) is 1. The van der Waals surface area contributed by atoms with Crippen LogP contribution in [0.5, 0.6) is 0 Å². The summed E-state index contributed by atoms with van der Waals surface area (Å²) in [5.74, 6) is -0.639. The Morgan fingerprint density at radius 1 is 1.11 bits per heavy atom. The topological polar surface area (TPSA) is 97.1 Å². The fourth-order valence-electron chi connectivity index (χ4n) is 2.55. The third-order valence-electron chi connectivity index (χ3n) is 4.17. The molecule has 1 heterocycles. The first-order valence-electron chi connectivity index (χ1n) is 8.74. The maximum atomic E-state index is 12.3. The first-order valence-corrected chi connectivity index (χ1v) is 9.55. The first kappa shape index (κ1) is 21.8. The van der Waals surface area contributed by atoms with E-state index in [0.29, 0.717) is 5.69 Å². The summed E-state index contributed by atoms with van der Waals surface area (Å²) in [5.41, 5.74) is 8.21. The van der Waals surface area contributed by atoms with Gasteiger partial charge in [0.05, 0.1) is 28.5 Å². The lowest BCUT2D eigenvalue weighted by atomic mass is 10.1. The number of benzene rings is 2. The van der Waals surface area contributed by atoms with E-state index in [2.05, 4.69) is 15.6 Å². The summed E-state index contributed by atoms with van der Waals surface area (Å²) in [7, 11) is 0. The van der Waals surface area contributed by atoms with Crippen molar-refractivity contribution in [3.05, 3.63) is 48.5 Å². The van der Waals surface area contributed by atoms with Crippen LogP contribution in [0, 0.1) is 5.92 Å². The van der Waals surface area contributed by atoms with Gasteiger partial charge < -0.3 is 16.4 Å². The van der Waals surface area contributed by atoms with Gasteiger partial charge >= 0.3 is 0 Å². The Bertz CT molecular complexity index is 941. The van der Waals surface area contributed by atoms with Gasteiger partial charge in [0.25, 0.3) is 0 Å². The number of para-hydroxylation sites is 2. The number of aromatic nitrogens is 1. The lowest BCUT2D eigenvalue weighted by molar-refractivity contribution is -0.125. The molecule has 3 rings (SSSR count). The highest BCUT2D eigenvalue weighted by Gasteiger charge is 2.18. The van der Waals surface area contributed by atoms with Crippen molar-refractivity contribution in [2.75, 3.05) is 11.9 Å². The van der Waals surface area contributed by atoms with Gasteiger partial charge in [0.2, 0.25) is 11.8 Å². The molecule has 0 aliphatic heterocycles. The summed E-state index contributed by atoms with van der Waals surface area (Å²) in [6.07, 6.45) is 0. The molecule has 0 aliphatic carbocycles. The van der Waals surface area contributed by atoms with Crippen molar-refractivity contribution in [2.45, 2.75) is 19.9 Å². The van der Waals surface area contributed by atoms with E-state index in [4.69, 9.17) is 5.73 Å². The molecule has 0 bridgehead atoms. The molecule has 1 atom stereocenters. The minimum atomic E-state index is -0.632. The number of carbonyl (C=O) groups excluding carboxylic acids is 2. The number of anilines is 1. The van der Waals surface area contributed by atoms with Crippen LogP contribution in [0.1, 0.15) is 13.8 Å². The second-order valence-corrected chi connectivity index (χ2v) is 7.60. The van der Waals surface area contributed by atoms with Gasteiger partial charge in [-0.05, 0) is 30.2 Å². The normalized spacial score (nSPS) is 11.7. The Hall–Kier alpha value is -2.48. The zero-order valence-corrected chi connectivity index (χ0v) is 17.3. The Balaban J connectivity index is 0.00000280. The monoisotopic (exact) mass is 418 g/mol. The summed E-state index contributed by atoms with van der Waals surface area (Å²) >= 11 is 1.57. The lowest BCUT2D eigenvalue weighted by Gasteiger charge is -2.15. The van der Waals surface area contributed by atoms with Crippen molar-refractivity contribution in [2.24, 2.45) is 11.7 Å². The smallest absolute Gasteiger partial charge is 0.243 e. The van der Waals surface area contributed by atoms with E-state index in [1.165, 1.54) is 0 Å². The molecular weight excluding hydrogens is 396 g/mol. The van der Waals surface area contributed by atoms with Gasteiger partial charge in [-0.1, -0.05) is 38.1 Å². The number of carbonyl (C=O) groups is 2. The maximum absolute atomic E-state index is 12.3. The molecule has 0 unspecified atom stereocenters. The second kappa shape index (κ2) is 9.64. The van der Waals surface area contributed by atoms with Gasteiger partial charge in [-0.2, -0.15) is 0 Å². The number of thiazole rings is 1. The summed E-state index contributed by atoms with van der Waals surface area (Å²) < 4.78 is 1.09. The second-order valence-electron chi connectivity index (χ2n) is 6.57. The number of nitrogens with zero attached hydrogens (tertiary/aromatic N) is 1. The molecule has 2 amide bonds. The van der Waals surface area contributed by atoms with Crippen molar-refractivity contribution >= 4 is 51.5 Å². The van der Waals surface area contributed by atoms with E-state index in [-0.39, 0.29) is 36.7 Å². The van der Waals surface area contributed by atoms with Crippen LogP contribution in [0.3, 0.4) is 0 Å². The average Bonchev–Trinajstić information content (AvgIpc) is 3.09. The molecule has 1 aromatic heterocycles. The van der Waals surface area contributed by atoms with Gasteiger partial charge in [0.1, 0.15) is 5.01 Å². The van der Waals surface area contributed by atoms with E-state index < -0.39 is 6.04 Å². The molecule has 4 N–H and O–H groups in total. The molecule has 6 nitrogen and oxygen atoms in total. The largest absolute Gasteiger partial charge is 0.346 e. The number of hydrogen-bond donors (Lipinski definition) is 3. The molecule has 0 aliphatic rings. The van der Waals surface area contributed by atoms with Crippen LogP contribution in [0.15, 0.2) is 48.5 Å². The van der Waals surface area contributed by atoms with E-state index in [9.17, 15) is 9.59 Å². The molecule has 0 saturated heterocycles. The quantitative estimate of drug-likeness (QED) is 0.571. The van der Waals surface area contributed by atoms with E-state index >= 15 is 0 Å². The van der Waals surface area contributed by atoms with Crippen LogP contribution in [0.4, 0.5) is 5.69 Å². The Morgan fingerprint density at radius 3 is 2.50 bits per heavy atom. The molecule has 0 fully saturated rings. The van der Waals surface area contributed by atoms with Gasteiger partial charge in [-0.3, -0.25) is 9.59 Å². The Morgan fingerprint density at radius 2 is 1.79 bits per heavy atom. The van der Waals surface area contributed by atoms with Crippen molar-refractivity contribution in [1.82, 2.24) is 10.3 Å². The highest BCUT2D eigenvalue weighted by Crippen LogP contribution is 2.34. The summed E-state index contributed by atoms with van der Waals surface area (Å²) in [6, 6.07) is 14.8. The number of hydrogen-bond acceptors (Lipinski definition) is 5. The van der Waals surface area contributed by atoms with Crippen LogP contribution in [-0.4, -0.2) is 29.4 Å². The van der Waals surface area contributed by atoms with Crippen LogP contribution in [0.2, 0.25) is 0 Å². The fraction of sp³-hybridized carbons (Fsp3) is 0.250. The Labute approximate surface area is 174 Å². The summed E-state index contributed by atoms with van der Waals surface area (Å²) in [6.45, 7) is 3.59. The van der Waals surface area contributed by atoms with Crippen LogP contribution in [0.25, 0.3) is 20.8 Å². The van der Waals surface area contributed by atoms with Crippen LogP contribution in [-0.2, 0) is 9.59 Å². The molecule has 0 radical (unpaired) electrons. The third-order valence-corrected chi connectivity index (χ3v) is 5.24. The number of fused-ring (bicyclic) bond motifs is 1. The first-order chi connectivity index (χ1) is 13.0. The van der Waals surface area contributed by atoms with Crippen molar-refractivity contribution in [1.29, 1.82) is 0 Å². The predicted octanol–water partition coefficient (Wildman–Crippen LogP) is 3.42. The zero-order valence-electron chi connectivity index (χ0n) is 15.6. The van der Waals surface area contributed by atoms with Gasteiger partial charge in [0, 0.05) is 5.56 Å². The van der Waals surface area contributed by atoms with Gasteiger partial charge in [0.15, 0.2) is 0 Å². The minimum Gasteiger partial charge on any atom is -0.346 e. The average molecular weight is 419 g/mol. The van der Waals surface area contributed by atoms with E-state index in [0.717, 1.165) is 20.8 Å². The molecule has 2 aromatic carbocycles. The van der Waals surface area contributed by atoms with Crippen LogP contribution >= 0.6 is 23.7 Å². The van der Waals surface area contributed by atoms with Crippen molar-refractivity contribution in [3.8, 4) is 10.6 Å². The summed E-state index contributed by atoms with van der Waals surface area (Å²) in [5, 5.41) is 6.26. The minimum absolute atomic E-state index is 0. The SMILES string of the molecule is CC(C)[C@H](N)C(=O)NCC(=O)Nc1ccccc1-c1nc2ccccc2s1.Cl. The van der Waals surface area contributed by atoms with Gasteiger partial charge in [-0.25, -0.2) is 4.98 Å². The lowest BCUT2D eigenvalue weighted by Crippen LogP contribution is -2.46. The molecule has 3 aromatic rings. The van der Waals surface area contributed by atoms with Crippen LogP contribution < -0.4 is 16.4 Å². The summed E-state index contributed by atoms with van der Waals surface area (Å²) in [4.78, 5) is 28.8. The molecule has 148 valence electrons. The van der Waals surface area contributed by atoms with E-state index in [1.54, 1.807) is 11.3 Å². The number of nitrogens with one attached hydrogen (secondary N) is 2. The molecule has 0 saturated carbocycles. The number of rotatable bonds is 6. The fourth-order valence-corrected chi connectivity index (χ4v) is 3.55. The van der Waals surface area contributed by atoms with Crippen molar-refractivity contribution in [3.63, 3.8) is 0 Å². The molecule has 28 heavy (non-hydrogen) atoms. The highest BCUT2D eigenvalue weighted by atomic mass is 35.5. The third kappa shape index (κ3) is 5.07. The number of amides is 2. The van der Waals surface area contributed by atoms with Gasteiger partial charge in [-0.15, -0.1) is 23.7 Å². The molecule has 0 spiro atoms.